The molecule has 0 amide bonds. The molecule has 0 bridgehead atoms. The average Bonchev–Trinajstić information content (AvgIpc) is 3.67. The van der Waals surface area contributed by atoms with Crippen molar-refractivity contribution in [2.75, 3.05) is 32.6 Å². The number of ether oxygens (including phenoxy) is 4. The molecule has 254 valence electrons. The van der Waals surface area contributed by atoms with Gasteiger partial charge < -0.3 is 33.9 Å². The minimum Gasteiger partial charge on any atom is -0.497 e. The fraction of sp³-hybridized carbons (Fsp3) is 0.639. The number of rotatable bonds is 14. The Bertz CT molecular complexity index is 1570. The molecule has 3 aliphatic carbocycles. The quantitative estimate of drug-likeness (QED) is 0.219. The monoisotopic (exact) mass is 647 g/mol. The molecule has 3 saturated carbocycles. The van der Waals surface area contributed by atoms with E-state index < -0.39 is 11.8 Å². The maximum absolute atomic E-state index is 11.1. The molecule has 3 heterocycles. The predicted molar refractivity (Wildman–Crippen MR) is 178 cm³/mol. The SMILES string of the molecule is COc1ccc(CNc2ncnc3c2ccn3[C@@H]2C[C@H](CN(CC3CCC3)[C@H]3C[C@H](CCC(=O)O)C3)[C@H]3OC(C)(C)O[C@H]32)c(OC)c1. The van der Waals surface area contributed by atoms with Crippen LogP contribution in [0, 0.1) is 17.8 Å². The van der Waals surface area contributed by atoms with Gasteiger partial charge in [0.1, 0.15) is 35.4 Å². The highest BCUT2D eigenvalue weighted by Gasteiger charge is 2.55. The van der Waals surface area contributed by atoms with Gasteiger partial charge in [-0.15, -0.1) is 0 Å². The summed E-state index contributed by atoms with van der Waals surface area (Å²) in [6, 6.07) is 8.53. The highest BCUT2D eigenvalue weighted by molar-refractivity contribution is 5.87. The highest BCUT2D eigenvalue weighted by atomic mass is 16.8. The number of anilines is 1. The van der Waals surface area contributed by atoms with E-state index in [1.807, 2.05) is 32.0 Å². The standard InChI is InChI=1S/C36H49N5O6/c1-36(2)46-32-25(20-40(19-22-6-5-7-22)26-14-23(15-26)8-11-31(42)43)16-29(33(32)47-36)41-13-12-28-34(38-21-39-35(28)41)37-18-24-9-10-27(44-3)17-30(24)45-4/h9-10,12-13,17,21-23,25-26,29,32-33H,5-8,11,14-16,18-20H2,1-4H3,(H,42,43)(H,37,38,39)/t23-,25-,26-,29-,32-,33+/m1/s1. The summed E-state index contributed by atoms with van der Waals surface area (Å²) in [6.07, 6.45) is 11.9. The third kappa shape index (κ3) is 6.67. The van der Waals surface area contributed by atoms with E-state index in [9.17, 15) is 9.90 Å². The summed E-state index contributed by atoms with van der Waals surface area (Å²) >= 11 is 0. The molecule has 1 aliphatic heterocycles. The van der Waals surface area contributed by atoms with Crippen LogP contribution in [0.15, 0.2) is 36.8 Å². The molecule has 0 spiro atoms. The second kappa shape index (κ2) is 13.2. The molecule has 2 aromatic heterocycles. The molecule has 0 unspecified atom stereocenters. The first kappa shape index (κ1) is 32.2. The number of hydrogen-bond acceptors (Lipinski definition) is 9. The van der Waals surface area contributed by atoms with Crippen LogP contribution in [0.4, 0.5) is 5.82 Å². The fourth-order valence-electron chi connectivity index (χ4n) is 8.31. The summed E-state index contributed by atoms with van der Waals surface area (Å²) in [7, 11) is 3.31. The number of benzene rings is 1. The normalized spacial score (nSPS) is 28.2. The van der Waals surface area contributed by atoms with Gasteiger partial charge in [0.15, 0.2) is 5.79 Å². The van der Waals surface area contributed by atoms with Crippen LogP contribution in [0.3, 0.4) is 0 Å². The summed E-state index contributed by atoms with van der Waals surface area (Å²) in [5, 5.41) is 13.6. The van der Waals surface area contributed by atoms with Gasteiger partial charge in [-0.05, 0) is 82.4 Å². The molecule has 11 nitrogen and oxygen atoms in total. The Balaban J connectivity index is 1.09. The third-order valence-electron chi connectivity index (χ3n) is 11.0. The van der Waals surface area contributed by atoms with Crippen molar-refractivity contribution in [2.45, 2.75) is 102 Å². The number of carbonyl (C=O) groups is 1. The van der Waals surface area contributed by atoms with Gasteiger partial charge >= 0.3 is 5.97 Å². The first-order valence-electron chi connectivity index (χ1n) is 17.3. The van der Waals surface area contributed by atoms with Gasteiger partial charge in [0.05, 0.1) is 31.8 Å². The van der Waals surface area contributed by atoms with Crippen LogP contribution in [-0.2, 0) is 20.8 Å². The summed E-state index contributed by atoms with van der Waals surface area (Å²) in [4.78, 5) is 23.2. The van der Waals surface area contributed by atoms with E-state index in [1.54, 1.807) is 20.5 Å². The van der Waals surface area contributed by atoms with Gasteiger partial charge in [0, 0.05) is 55.8 Å². The second-order valence-corrected chi connectivity index (χ2v) is 14.5. The van der Waals surface area contributed by atoms with E-state index in [-0.39, 0.29) is 24.7 Å². The van der Waals surface area contributed by atoms with Crippen molar-refractivity contribution in [3.8, 4) is 11.5 Å². The molecular formula is C36H49N5O6. The summed E-state index contributed by atoms with van der Waals surface area (Å²) in [5.74, 6) is 2.56. The molecule has 3 aromatic rings. The minimum atomic E-state index is -0.688. The van der Waals surface area contributed by atoms with Crippen LogP contribution >= 0.6 is 0 Å². The lowest BCUT2D eigenvalue weighted by Crippen LogP contribution is -2.50. The average molecular weight is 648 g/mol. The zero-order valence-corrected chi connectivity index (χ0v) is 28.1. The largest absolute Gasteiger partial charge is 0.497 e. The molecule has 4 fully saturated rings. The molecule has 1 aromatic carbocycles. The second-order valence-electron chi connectivity index (χ2n) is 14.5. The molecule has 2 N–H and O–H groups in total. The van der Waals surface area contributed by atoms with Gasteiger partial charge in [-0.1, -0.05) is 6.42 Å². The lowest BCUT2D eigenvalue weighted by molar-refractivity contribution is -0.161. The lowest BCUT2D eigenvalue weighted by atomic mass is 9.75. The Morgan fingerprint density at radius 3 is 2.60 bits per heavy atom. The van der Waals surface area contributed by atoms with Gasteiger partial charge in [-0.2, -0.15) is 0 Å². The lowest BCUT2D eigenvalue weighted by Gasteiger charge is -2.46. The van der Waals surface area contributed by atoms with Gasteiger partial charge in [-0.3, -0.25) is 9.69 Å². The number of aromatic nitrogens is 3. The number of nitrogens with one attached hydrogen (secondary N) is 1. The third-order valence-corrected chi connectivity index (χ3v) is 11.0. The molecule has 47 heavy (non-hydrogen) atoms. The maximum atomic E-state index is 11.1. The number of nitrogens with zero attached hydrogens (tertiary/aromatic N) is 4. The van der Waals surface area contributed by atoms with Crippen molar-refractivity contribution >= 4 is 22.8 Å². The first-order chi connectivity index (χ1) is 22.7. The predicted octanol–water partition coefficient (Wildman–Crippen LogP) is 5.89. The van der Waals surface area contributed by atoms with Crippen LogP contribution in [0.1, 0.15) is 76.8 Å². The van der Waals surface area contributed by atoms with Gasteiger partial charge in [0.25, 0.3) is 0 Å². The van der Waals surface area contributed by atoms with E-state index >= 15 is 0 Å². The van der Waals surface area contributed by atoms with E-state index in [1.165, 1.54) is 19.3 Å². The molecule has 1 saturated heterocycles. The molecule has 0 radical (unpaired) electrons. The topological polar surface area (TPSA) is 120 Å². The minimum absolute atomic E-state index is 0.00111. The van der Waals surface area contributed by atoms with Crippen molar-refractivity contribution < 1.29 is 28.8 Å². The van der Waals surface area contributed by atoms with Crippen molar-refractivity contribution in [2.24, 2.45) is 17.8 Å². The highest BCUT2D eigenvalue weighted by Crippen LogP contribution is 2.49. The Morgan fingerprint density at radius 1 is 1.06 bits per heavy atom. The Kier molecular flexibility index (Phi) is 9.06. The van der Waals surface area contributed by atoms with E-state index in [2.05, 4.69) is 32.0 Å². The van der Waals surface area contributed by atoms with Gasteiger partial charge in [0.2, 0.25) is 0 Å². The van der Waals surface area contributed by atoms with Crippen molar-refractivity contribution in [1.82, 2.24) is 19.4 Å². The number of methoxy groups -OCH3 is 2. The number of carboxylic acid groups (broad SMARTS) is 1. The van der Waals surface area contributed by atoms with E-state index in [0.717, 1.165) is 78.6 Å². The summed E-state index contributed by atoms with van der Waals surface area (Å²) in [5.41, 5.74) is 1.89. The molecule has 7 rings (SSSR count). The number of carboxylic acids is 1. The Labute approximate surface area is 276 Å². The summed E-state index contributed by atoms with van der Waals surface area (Å²) < 4.78 is 26.5. The molecule has 4 aliphatic rings. The Morgan fingerprint density at radius 2 is 1.87 bits per heavy atom. The maximum Gasteiger partial charge on any atom is 0.303 e. The summed E-state index contributed by atoms with van der Waals surface area (Å²) in [6.45, 7) is 6.70. The molecular weight excluding hydrogens is 598 g/mol. The first-order valence-corrected chi connectivity index (χ1v) is 17.3. The van der Waals surface area contributed by atoms with Gasteiger partial charge in [-0.25, -0.2) is 9.97 Å². The molecule has 11 heteroatoms. The zero-order valence-electron chi connectivity index (χ0n) is 28.1. The van der Waals surface area contributed by atoms with Crippen LogP contribution in [0.25, 0.3) is 11.0 Å². The Hall–Kier alpha value is -3.41. The van der Waals surface area contributed by atoms with E-state index in [4.69, 9.17) is 23.9 Å². The van der Waals surface area contributed by atoms with Crippen LogP contribution < -0.4 is 14.8 Å². The number of hydrogen-bond donors (Lipinski definition) is 2. The van der Waals surface area contributed by atoms with Crippen LogP contribution in [-0.4, -0.2) is 81.9 Å². The van der Waals surface area contributed by atoms with Crippen molar-refractivity contribution in [3.63, 3.8) is 0 Å². The van der Waals surface area contributed by atoms with Crippen molar-refractivity contribution in [3.05, 3.63) is 42.4 Å². The number of fused-ring (bicyclic) bond motifs is 2. The zero-order chi connectivity index (χ0) is 32.7. The number of aliphatic carboxylic acids is 1. The smallest absolute Gasteiger partial charge is 0.303 e. The molecule has 4 atom stereocenters. The van der Waals surface area contributed by atoms with Crippen LogP contribution in [0.2, 0.25) is 0 Å². The fourth-order valence-corrected chi connectivity index (χ4v) is 8.31. The van der Waals surface area contributed by atoms with Crippen molar-refractivity contribution in [1.29, 1.82) is 0 Å². The van der Waals surface area contributed by atoms with E-state index in [0.29, 0.717) is 24.4 Å². The van der Waals surface area contributed by atoms with Crippen LogP contribution in [0.5, 0.6) is 11.5 Å².